The predicted octanol–water partition coefficient (Wildman–Crippen LogP) is 4.38. The van der Waals surface area contributed by atoms with Gasteiger partial charge in [-0.05, 0) is 48.2 Å². The molecule has 94 valence electrons. The molecular formula is C14H14ClNOS. The van der Waals surface area contributed by atoms with Crippen LogP contribution in [0.4, 0.5) is 5.69 Å². The Kier molecular flexibility index (Phi) is 4.39. The minimum absolute atomic E-state index is 0.116. The first-order valence-corrected chi connectivity index (χ1v) is 7.14. The fourth-order valence-electron chi connectivity index (χ4n) is 1.57. The van der Waals surface area contributed by atoms with Gasteiger partial charge in [-0.1, -0.05) is 17.7 Å². The minimum Gasteiger partial charge on any atom is -0.506 e. The zero-order valence-electron chi connectivity index (χ0n) is 9.98. The van der Waals surface area contributed by atoms with Gasteiger partial charge in [-0.3, -0.25) is 0 Å². The van der Waals surface area contributed by atoms with Gasteiger partial charge in [0, 0.05) is 17.1 Å². The minimum atomic E-state index is 0.116. The van der Waals surface area contributed by atoms with Crippen LogP contribution in [0.2, 0.25) is 5.02 Å². The number of nitrogens with one attached hydrogen (secondary N) is 1. The number of thioether (sulfide) groups is 1. The van der Waals surface area contributed by atoms with E-state index in [4.69, 9.17) is 11.6 Å². The van der Waals surface area contributed by atoms with Gasteiger partial charge < -0.3 is 10.4 Å². The highest BCUT2D eigenvalue weighted by molar-refractivity contribution is 7.98. The predicted molar refractivity (Wildman–Crippen MR) is 78.7 cm³/mol. The lowest BCUT2D eigenvalue weighted by molar-refractivity contribution is 0.475. The highest BCUT2D eigenvalue weighted by atomic mass is 35.5. The Morgan fingerprint density at radius 3 is 2.50 bits per heavy atom. The van der Waals surface area contributed by atoms with E-state index in [1.165, 1.54) is 4.90 Å². The first kappa shape index (κ1) is 13.1. The molecule has 2 N–H and O–H groups in total. The largest absolute Gasteiger partial charge is 0.506 e. The summed E-state index contributed by atoms with van der Waals surface area (Å²) >= 11 is 7.58. The van der Waals surface area contributed by atoms with Crippen LogP contribution < -0.4 is 5.32 Å². The molecule has 0 aliphatic heterocycles. The number of hydrogen-bond donors (Lipinski definition) is 2. The van der Waals surface area contributed by atoms with Crippen LogP contribution in [0.15, 0.2) is 47.4 Å². The van der Waals surface area contributed by atoms with Gasteiger partial charge in [0.1, 0.15) is 5.75 Å². The molecule has 2 nitrogen and oxygen atoms in total. The van der Waals surface area contributed by atoms with Crippen molar-refractivity contribution in [1.29, 1.82) is 0 Å². The topological polar surface area (TPSA) is 32.3 Å². The summed E-state index contributed by atoms with van der Waals surface area (Å²) in [5.41, 5.74) is 2.10. The summed E-state index contributed by atoms with van der Waals surface area (Å²) in [7, 11) is 0. The summed E-state index contributed by atoms with van der Waals surface area (Å²) in [6.45, 7) is 0.679. The average Bonchev–Trinajstić information content (AvgIpc) is 2.41. The van der Waals surface area contributed by atoms with Gasteiger partial charge in [0.15, 0.2) is 0 Å². The van der Waals surface area contributed by atoms with E-state index >= 15 is 0 Å². The van der Waals surface area contributed by atoms with Gasteiger partial charge in [-0.15, -0.1) is 11.8 Å². The molecule has 0 bridgehead atoms. The summed E-state index contributed by atoms with van der Waals surface area (Å²) in [5.74, 6) is 0.116. The fraction of sp³-hybridized carbons (Fsp3) is 0.143. The maximum Gasteiger partial charge on any atom is 0.134 e. The molecule has 2 aromatic carbocycles. The molecule has 0 radical (unpaired) electrons. The van der Waals surface area contributed by atoms with Crippen molar-refractivity contribution in [2.75, 3.05) is 11.6 Å². The van der Waals surface area contributed by atoms with Crippen molar-refractivity contribution < 1.29 is 5.11 Å². The Hall–Kier alpha value is -1.32. The number of aromatic hydroxyl groups is 1. The van der Waals surface area contributed by atoms with Gasteiger partial charge in [0.05, 0.1) is 5.02 Å². The molecule has 0 saturated heterocycles. The number of phenols is 1. The number of rotatable bonds is 4. The molecule has 0 aromatic heterocycles. The zero-order chi connectivity index (χ0) is 13.0. The molecule has 0 aliphatic carbocycles. The van der Waals surface area contributed by atoms with E-state index in [0.717, 1.165) is 11.3 Å². The monoisotopic (exact) mass is 279 g/mol. The molecule has 2 aromatic rings. The third kappa shape index (κ3) is 3.34. The Bertz CT molecular complexity index is 528. The normalized spacial score (nSPS) is 10.3. The molecule has 0 amide bonds. The summed E-state index contributed by atoms with van der Waals surface area (Å²) in [5, 5.41) is 13.0. The molecule has 0 heterocycles. The van der Waals surface area contributed by atoms with Gasteiger partial charge in [-0.25, -0.2) is 0 Å². The Morgan fingerprint density at radius 2 is 1.89 bits per heavy atom. The van der Waals surface area contributed by atoms with Crippen LogP contribution in [0.3, 0.4) is 0 Å². The van der Waals surface area contributed by atoms with Crippen LogP contribution in [0.1, 0.15) is 5.56 Å². The van der Waals surface area contributed by atoms with Crippen LogP contribution >= 0.6 is 23.4 Å². The van der Waals surface area contributed by atoms with Crippen molar-refractivity contribution in [1.82, 2.24) is 0 Å². The van der Waals surface area contributed by atoms with Gasteiger partial charge in [0.25, 0.3) is 0 Å². The van der Waals surface area contributed by atoms with Crippen LogP contribution in [0.5, 0.6) is 5.75 Å². The standard InChI is InChI=1S/C14H14ClNOS/c1-18-12-5-3-11(4-6-12)16-9-10-2-7-14(17)13(15)8-10/h2-8,16-17H,9H2,1H3. The number of anilines is 1. The second-order valence-electron chi connectivity index (χ2n) is 3.87. The van der Waals surface area contributed by atoms with Crippen molar-refractivity contribution in [3.8, 4) is 5.75 Å². The molecule has 0 aliphatic rings. The van der Waals surface area contributed by atoms with Crippen molar-refractivity contribution in [3.63, 3.8) is 0 Å². The number of phenolic OH excluding ortho intramolecular Hbond substituents is 1. The molecule has 0 saturated carbocycles. The SMILES string of the molecule is CSc1ccc(NCc2ccc(O)c(Cl)c2)cc1. The first-order chi connectivity index (χ1) is 8.69. The summed E-state index contributed by atoms with van der Waals surface area (Å²) in [6.07, 6.45) is 2.06. The van der Waals surface area contributed by atoms with Gasteiger partial charge in [0.2, 0.25) is 0 Å². The van der Waals surface area contributed by atoms with Crippen molar-refractivity contribution in [3.05, 3.63) is 53.1 Å². The first-order valence-electron chi connectivity index (χ1n) is 5.54. The highest BCUT2D eigenvalue weighted by Crippen LogP contribution is 2.24. The third-order valence-corrected chi connectivity index (χ3v) is 3.65. The Morgan fingerprint density at radius 1 is 1.17 bits per heavy atom. The van der Waals surface area contributed by atoms with E-state index in [9.17, 15) is 5.11 Å². The Labute approximate surface area is 116 Å². The molecule has 2 rings (SSSR count). The summed E-state index contributed by atoms with van der Waals surface area (Å²) in [6, 6.07) is 13.5. The van der Waals surface area contributed by atoms with E-state index < -0.39 is 0 Å². The second-order valence-corrected chi connectivity index (χ2v) is 5.15. The molecule has 0 fully saturated rings. The molecule has 4 heteroatoms. The van der Waals surface area contributed by atoms with Crippen molar-refractivity contribution >= 4 is 29.1 Å². The highest BCUT2D eigenvalue weighted by Gasteiger charge is 2.00. The third-order valence-electron chi connectivity index (χ3n) is 2.60. The number of hydrogen-bond acceptors (Lipinski definition) is 3. The number of halogens is 1. The van der Waals surface area contributed by atoms with E-state index in [0.29, 0.717) is 11.6 Å². The van der Waals surface area contributed by atoms with Crippen LogP contribution in [-0.4, -0.2) is 11.4 Å². The maximum atomic E-state index is 9.33. The number of benzene rings is 2. The van der Waals surface area contributed by atoms with E-state index in [-0.39, 0.29) is 5.75 Å². The van der Waals surface area contributed by atoms with Gasteiger partial charge >= 0.3 is 0 Å². The lowest BCUT2D eigenvalue weighted by atomic mass is 10.2. The van der Waals surface area contributed by atoms with E-state index in [2.05, 4.69) is 23.7 Å². The van der Waals surface area contributed by atoms with Crippen LogP contribution in [-0.2, 0) is 6.54 Å². The Balaban J connectivity index is 1.99. The van der Waals surface area contributed by atoms with Crippen LogP contribution in [0.25, 0.3) is 0 Å². The fourth-order valence-corrected chi connectivity index (χ4v) is 2.18. The molecule has 18 heavy (non-hydrogen) atoms. The molecular weight excluding hydrogens is 266 g/mol. The smallest absolute Gasteiger partial charge is 0.134 e. The van der Waals surface area contributed by atoms with Gasteiger partial charge in [-0.2, -0.15) is 0 Å². The van der Waals surface area contributed by atoms with Crippen molar-refractivity contribution in [2.24, 2.45) is 0 Å². The summed E-state index contributed by atoms with van der Waals surface area (Å²) in [4.78, 5) is 1.24. The average molecular weight is 280 g/mol. The molecule has 0 atom stereocenters. The van der Waals surface area contributed by atoms with E-state index in [1.54, 1.807) is 23.9 Å². The quantitative estimate of drug-likeness (QED) is 0.815. The van der Waals surface area contributed by atoms with E-state index in [1.807, 2.05) is 18.2 Å². The van der Waals surface area contributed by atoms with Crippen LogP contribution in [0, 0.1) is 0 Å². The summed E-state index contributed by atoms with van der Waals surface area (Å²) < 4.78 is 0. The lowest BCUT2D eigenvalue weighted by Gasteiger charge is -2.08. The molecule has 0 unspecified atom stereocenters. The second kappa shape index (κ2) is 6.03. The molecule has 0 spiro atoms. The lowest BCUT2D eigenvalue weighted by Crippen LogP contribution is -1.98. The van der Waals surface area contributed by atoms with Crippen molar-refractivity contribution in [2.45, 2.75) is 11.4 Å². The zero-order valence-corrected chi connectivity index (χ0v) is 11.6. The maximum absolute atomic E-state index is 9.33.